The van der Waals surface area contributed by atoms with E-state index in [0.29, 0.717) is 16.0 Å². The van der Waals surface area contributed by atoms with Gasteiger partial charge < -0.3 is 5.32 Å². The standard InChI is InChI=1S/C17H20N6O2S/c1-9(2)13-14-15(26-16(21-14)10(3)4)17(25)23(22-13)7-12(24)20-11-5-6-18-8-19-11/h5-6,8-10H,7H2,1-4H3,(H,18,19,20,24). The third kappa shape index (κ3) is 3.62. The number of fused-ring (bicyclic) bond motifs is 1. The maximum absolute atomic E-state index is 12.8. The molecule has 8 nitrogen and oxygen atoms in total. The van der Waals surface area contributed by atoms with Crippen LogP contribution in [0.3, 0.4) is 0 Å². The first-order valence-electron chi connectivity index (χ1n) is 8.34. The Hall–Kier alpha value is -2.68. The molecule has 0 aliphatic heterocycles. The van der Waals surface area contributed by atoms with Gasteiger partial charge in [0.15, 0.2) is 0 Å². The number of anilines is 1. The van der Waals surface area contributed by atoms with Crippen molar-refractivity contribution < 1.29 is 4.79 Å². The smallest absolute Gasteiger partial charge is 0.286 e. The SMILES string of the molecule is CC(C)c1nc2c(C(C)C)nn(CC(=O)Nc3ccncn3)c(=O)c2s1. The summed E-state index contributed by atoms with van der Waals surface area (Å²) in [6.07, 6.45) is 2.87. The number of hydrogen-bond donors (Lipinski definition) is 1. The second-order valence-corrected chi connectivity index (χ2v) is 7.56. The van der Waals surface area contributed by atoms with E-state index < -0.39 is 0 Å². The Morgan fingerprint density at radius 2 is 2.04 bits per heavy atom. The molecule has 0 unspecified atom stereocenters. The van der Waals surface area contributed by atoms with E-state index in [2.05, 4.69) is 25.4 Å². The molecule has 136 valence electrons. The van der Waals surface area contributed by atoms with Crippen molar-refractivity contribution >= 4 is 33.3 Å². The van der Waals surface area contributed by atoms with Gasteiger partial charge in [0.05, 0.1) is 10.7 Å². The van der Waals surface area contributed by atoms with Crippen molar-refractivity contribution in [2.75, 3.05) is 5.32 Å². The van der Waals surface area contributed by atoms with Crippen LogP contribution < -0.4 is 10.9 Å². The molecule has 9 heteroatoms. The average Bonchev–Trinajstić information content (AvgIpc) is 3.04. The van der Waals surface area contributed by atoms with Crippen LogP contribution in [0.15, 0.2) is 23.4 Å². The predicted octanol–water partition coefficient (Wildman–Crippen LogP) is 2.53. The fourth-order valence-corrected chi connectivity index (χ4v) is 3.44. The van der Waals surface area contributed by atoms with Crippen LogP contribution in [0.1, 0.15) is 50.2 Å². The molecule has 1 amide bonds. The largest absolute Gasteiger partial charge is 0.309 e. The molecule has 0 radical (unpaired) electrons. The number of carbonyl (C=O) groups is 1. The van der Waals surface area contributed by atoms with E-state index in [4.69, 9.17) is 0 Å². The van der Waals surface area contributed by atoms with Gasteiger partial charge in [-0.15, -0.1) is 11.3 Å². The highest BCUT2D eigenvalue weighted by Gasteiger charge is 2.20. The van der Waals surface area contributed by atoms with Crippen LogP contribution in [0.25, 0.3) is 10.2 Å². The zero-order chi connectivity index (χ0) is 18.8. The Balaban J connectivity index is 1.99. The van der Waals surface area contributed by atoms with Crippen LogP contribution in [0.2, 0.25) is 0 Å². The van der Waals surface area contributed by atoms with E-state index >= 15 is 0 Å². The van der Waals surface area contributed by atoms with Gasteiger partial charge in [-0.05, 0) is 12.0 Å². The lowest BCUT2D eigenvalue weighted by molar-refractivity contribution is -0.117. The number of nitrogens with one attached hydrogen (secondary N) is 1. The minimum absolute atomic E-state index is 0.0800. The van der Waals surface area contributed by atoms with Crippen LogP contribution in [0.4, 0.5) is 5.82 Å². The summed E-state index contributed by atoms with van der Waals surface area (Å²) in [5, 5.41) is 7.94. The summed E-state index contributed by atoms with van der Waals surface area (Å²) in [5.41, 5.74) is 1.07. The second-order valence-electron chi connectivity index (χ2n) is 6.53. The van der Waals surface area contributed by atoms with Crippen molar-refractivity contribution in [3.63, 3.8) is 0 Å². The number of carbonyl (C=O) groups excluding carboxylic acids is 1. The molecule has 26 heavy (non-hydrogen) atoms. The van der Waals surface area contributed by atoms with Crippen molar-refractivity contribution in [1.82, 2.24) is 24.7 Å². The highest BCUT2D eigenvalue weighted by atomic mass is 32.1. The molecule has 3 heterocycles. The average molecular weight is 372 g/mol. The molecular weight excluding hydrogens is 352 g/mol. The number of aromatic nitrogens is 5. The van der Waals surface area contributed by atoms with Gasteiger partial charge in [-0.25, -0.2) is 19.6 Å². The molecular formula is C17H20N6O2S. The van der Waals surface area contributed by atoms with Gasteiger partial charge in [0, 0.05) is 12.1 Å². The maximum atomic E-state index is 12.8. The van der Waals surface area contributed by atoms with E-state index in [9.17, 15) is 9.59 Å². The summed E-state index contributed by atoms with van der Waals surface area (Å²) < 4.78 is 1.75. The highest BCUT2D eigenvalue weighted by Crippen LogP contribution is 2.28. The number of rotatable bonds is 5. The fraction of sp³-hybridized carbons (Fsp3) is 0.412. The molecule has 1 N–H and O–H groups in total. The van der Waals surface area contributed by atoms with E-state index in [0.717, 1.165) is 10.7 Å². The van der Waals surface area contributed by atoms with Gasteiger partial charge in [0.1, 0.15) is 28.9 Å². The molecule has 3 aromatic rings. The summed E-state index contributed by atoms with van der Waals surface area (Å²) in [5.74, 6) is 0.307. The molecule has 0 spiro atoms. The van der Waals surface area contributed by atoms with Gasteiger partial charge in [-0.1, -0.05) is 27.7 Å². The molecule has 0 saturated carbocycles. The summed E-state index contributed by atoms with van der Waals surface area (Å²) in [6, 6.07) is 1.58. The molecule has 3 rings (SSSR count). The Morgan fingerprint density at radius 3 is 2.65 bits per heavy atom. The topological polar surface area (TPSA) is 103 Å². The van der Waals surface area contributed by atoms with Crippen molar-refractivity contribution in [2.45, 2.75) is 46.1 Å². The van der Waals surface area contributed by atoms with E-state index in [1.54, 1.807) is 6.07 Å². The first-order chi connectivity index (χ1) is 12.4. The quantitative estimate of drug-likeness (QED) is 0.738. The van der Waals surface area contributed by atoms with E-state index in [1.807, 2.05) is 27.7 Å². The number of thiazole rings is 1. The lowest BCUT2D eigenvalue weighted by Crippen LogP contribution is -2.30. The first kappa shape index (κ1) is 18.1. The molecule has 0 bridgehead atoms. The van der Waals surface area contributed by atoms with Gasteiger partial charge >= 0.3 is 0 Å². The summed E-state index contributed by atoms with van der Waals surface area (Å²) >= 11 is 1.37. The van der Waals surface area contributed by atoms with Gasteiger partial charge in [-0.3, -0.25) is 9.59 Å². The zero-order valence-corrected chi connectivity index (χ0v) is 15.9. The van der Waals surface area contributed by atoms with Crippen LogP contribution >= 0.6 is 11.3 Å². The molecule has 0 aliphatic rings. The summed E-state index contributed by atoms with van der Waals surface area (Å²) in [4.78, 5) is 37.4. The van der Waals surface area contributed by atoms with Crippen molar-refractivity contribution in [3.05, 3.63) is 39.6 Å². The molecule has 3 aromatic heterocycles. The van der Waals surface area contributed by atoms with Crippen LogP contribution in [0.5, 0.6) is 0 Å². The summed E-state index contributed by atoms with van der Waals surface area (Å²) in [6.45, 7) is 7.87. The minimum Gasteiger partial charge on any atom is -0.309 e. The van der Waals surface area contributed by atoms with Crippen molar-refractivity contribution in [2.24, 2.45) is 0 Å². The molecule has 0 saturated heterocycles. The third-order valence-electron chi connectivity index (χ3n) is 3.73. The van der Waals surface area contributed by atoms with Crippen molar-refractivity contribution in [1.29, 1.82) is 0 Å². The first-order valence-corrected chi connectivity index (χ1v) is 9.15. The molecule has 0 fully saturated rings. The Labute approximate surface area is 154 Å². The monoisotopic (exact) mass is 372 g/mol. The van der Waals surface area contributed by atoms with Gasteiger partial charge in [0.2, 0.25) is 5.91 Å². The van der Waals surface area contributed by atoms with Crippen LogP contribution in [-0.4, -0.2) is 30.6 Å². The fourth-order valence-electron chi connectivity index (χ4n) is 2.42. The summed E-state index contributed by atoms with van der Waals surface area (Å²) in [7, 11) is 0. The van der Waals surface area contributed by atoms with Gasteiger partial charge in [0.25, 0.3) is 5.56 Å². The zero-order valence-electron chi connectivity index (χ0n) is 15.1. The van der Waals surface area contributed by atoms with Crippen molar-refractivity contribution in [3.8, 4) is 0 Å². The number of amides is 1. The predicted molar refractivity (Wildman–Crippen MR) is 101 cm³/mol. The molecule has 0 atom stereocenters. The van der Waals surface area contributed by atoms with Crippen LogP contribution in [-0.2, 0) is 11.3 Å². The Kier molecular flexibility index (Phi) is 5.08. The molecule has 0 aromatic carbocycles. The third-order valence-corrected chi connectivity index (χ3v) is 5.07. The number of hydrogen-bond acceptors (Lipinski definition) is 7. The van der Waals surface area contributed by atoms with Crippen LogP contribution in [0, 0.1) is 0 Å². The van der Waals surface area contributed by atoms with E-state index in [-0.39, 0.29) is 29.8 Å². The normalized spacial score (nSPS) is 11.5. The lowest BCUT2D eigenvalue weighted by atomic mass is 10.1. The Bertz CT molecular complexity index is 994. The minimum atomic E-state index is -0.374. The highest BCUT2D eigenvalue weighted by molar-refractivity contribution is 7.18. The van der Waals surface area contributed by atoms with E-state index in [1.165, 1.54) is 28.5 Å². The second kappa shape index (κ2) is 7.28. The van der Waals surface area contributed by atoms with Gasteiger partial charge in [-0.2, -0.15) is 5.10 Å². The number of nitrogens with zero attached hydrogens (tertiary/aromatic N) is 5. The Morgan fingerprint density at radius 1 is 1.27 bits per heavy atom. The molecule has 0 aliphatic carbocycles. The lowest BCUT2D eigenvalue weighted by Gasteiger charge is -2.10. The maximum Gasteiger partial charge on any atom is 0.286 e.